The first-order valence-electron chi connectivity index (χ1n) is 20.1. The first-order chi connectivity index (χ1) is 29.0. The van der Waals surface area contributed by atoms with Crippen molar-refractivity contribution in [1.29, 1.82) is 0 Å². The van der Waals surface area contributed by atoms with Crippen LogP contribution in [-0.2, 0) is 33.5 Å². The van der Waals surface area contributed by atoms with Gasteiger partial charge >= 0.3 is 0 Å². The maximum absolute atomic E-state index is 6.80. The quantitative estimate of drug-likeness (QED) is 0.127. The van der Waals surface area contributed by atoms with Crippen molar-refractivity contribution in [3.05, 3.63) is 204 Å². The third kappa shape index (κ3) is 5.23. The molecule has 7 heteroatoms. The molecule has 0 radical (unpaired) electrons. The van der Waals surface area contributed by atoms with Gasteiger partial charge in [-0.3, -0.25) is 0 Å². The minimum atomic E-state index is -0.657. The van der Waals surface area contributed by atoms with Crippen LogP contribution in [0.3, 0.4) is 0 Å². The van der Waals surface area contributed by atoms with Crippen LogP contribution in [0.4, 0.5) is 0 Å². The van der Waals surface area contributed by atoms with Gasteiger partial charge in [0, 0.05) is 59.5 Å². The van der Waals surface area contributed by atoms with Crippen molar-refractivity contribution in [2.75, 3.05) is 0 Å². The molecule has 60 heavy (non-hydrogen) atoms. The molecule has 1 atom stereocenters. The van der Waals surface area contributed by atoms with E-state index in [9.17, 15) is 0 Å². The fraction of sp³-hybridized carbons (Fsp3) is 0.0943. The molecule has 0 bridgehead atoms. The summed E-state index contributed by atoms with van der Waals surface area (Å²) in [5, 5.41) is 2.23. The topological polar surface area (TPSA) is 35.9 Å². The number of nitrogens with zero attached hydrogens (tertiary/aromatic N) is 4. The molecule has 1 unspecified atom stereocenters. The molecule has 3 aromatic heterocycles. The molecule has 0 amide bonds. The summed E-state index contributed by atoms with van der Waals surface area (Å²) in [6.07, 6.45) is 5.50. The zero-order valence-corrected chi connectivity index (χ0v) is 36.1. The zero-order chi connectivity index (χ0) is 39.4. The van der Waals surface area contributed by atoms with E-state index in [1.54, 1.807) is 0 Å². The summed E-state index contributed by atoms with van der Waals surface area (Å²) in [5.74, 6) is 2.33. The molecule has 292 valence electrons. The van der Waals surface area contributed by atoms with Gasteiger partial charge in [0.05, 0.1) is 18.1 Å². The number of para-hydroxylation sites is 2. The molecule has 1 spiro atoms. The second kappa shape index (κ2) is 13.9. The van der Waals surface area contributed by atoms with E-state index in [1.807, 2.05) is 42.2 Å². The fourth-order valence-corrected chi connectivity index (χ4v) is 10.9. The van der Waals surface area contributed by atoms with Gasteiger partial charge in [-0.15, -0.1) is 35.2 Å². The van der Waals surface area contributed by atoms with Gasteiger partial charge < -0.3 is 18.4 Å². The van der Waals surface area contributed by atoms with Crippen LogP contribution in [0.2, 0.25) is 0 Å². The van der Waals surface area contributed by atoms with Crippen molar-refractivity contribution in [2.24, 2.45) is 7.05 Å². The number of pyridine rings is 1. The van der Waals surface area contributed by atoms with Crippen LogP contribution in [0.5, 0.6) is 11.5 Å². The number of aryl methyl sites for hydroxylation is 1. The third-order valence-electron chi connectivity index (χ3n) is 12.2. The van der Waals surface area contributed by atoms with E-state index >= 15 is 0 Å². The second-order valence-electron chi connectivity index (χ2n) is 15.8. The van der Waals surface area contributed by atoms with Crippen LogP contribution >= 0.6 is 11.8 Å². The van der Waals surface area contributed by atoms with Gasteiger partial charge in [-0.2, -0.15) is 12.1 Å². The average molecular weight is 972 g/mol. The van der Waals surface area contributed by atoms with Crippen LogP contribution in [-0.4, -0.2) is 14.1 Å². The smallest absolute Gasteiger partial charge is 0.242 e. The molecule has 12 rings (SSSR count). The zero-order valence-electron chi connectivity index (χ0n) is 33.0. The van der Waals surface area contributed by atoms with Gasteiger partial charge in [0.1, 0.15) is 5.82 Å². The number of rotatable bonds is 5. The van der Waals surface area contributed by atoms with Crippen LogP contribution in [0.25, 0.3) is 55.5 Å². The van der Waals surface area contributed by atoms with Gasteiger partial charge in [0.2, 0.25) is 6.33 Å². The summed E-state index contributed by atoms with van der Waals surface area (Å²) in [7, 11) is 2.08. The van der Waals surface area contributed by atoms with Crippen molar-refractivity contribution in [3.63, 3.8) is 0 Å². The minimum Gasteiger partial charge on any atom is -0.510 e. The number of hydrogen-bond acceptors (Lipinski definition) is 3. The summed E-state index contributed by atoms with van der Waals surface area (Å²) in [5.41, 5.74) is 13.2. The van der Waals surface area contributed by atoms with Crippen molar-refractivity contribution in [3.8, 4) is 34.1 Å². The molecule has 0 N–H and O–H groups in total. The molecule has 0 saturated heterocycles. The molecule has 0 saturated carbocycles. The van der Waals surface area contributed by atoms with Gasteiger partial charge in [-0.1, -0.05) is 128 Å². The van der Waals surface area contributed by atoms with E-state index in [0.29, 0.717) is 17.4 Å². The molecule has 2 aliphatic heterocycles. The van der Waals surface area contributed by atoms with Crippen LogP contribution in [0, 0.1) is 18.5 Å². The SMILES string of the molecule is CC(C)c1cccc2c1C1(c3ccc(Oc4[c-]c5c(cc4)c4ccccc4n5-c4ccccn4)[c-]c3-n3[c-][n+](C)c4cccc1c43)c1cc(-c3ccccc3)ccc1S2.[Pt]. The first kappa shape index (κ1) is 36.8. The van der Waals surface area contributed by atoms with Crippen LogP contribution in [0.1, 0.15) is 47.6 Å². The van der Waals surface area contributed by atoms with Crippen molar-refractivity contribution in [2.45, 2.75) is 35.0 Å². The van der Waals surface area contributed by atoms with Crippen LogP contribution in [0.15, 0.2) is 168 Å². The molecule has 7 aromatic carbocycles. The van der Waals surface area contributed by atoms with Gasteiger partial charge in [0.15, 0.2) is 0 Å². The Kier molecular flexibility index (Phi) is 8.56. The molecule has 5 heterocycles. The predicted molar refractivity (Wildman–Crippen MR) is 235 cm³/mol. The van der Waals surface area contributed by atoms with E-state index < -0.39 is 5.41 Å². The number of ether oxygens (including phenoxy) is 1. The predicted octanol–water partition coefficient (Wildman–Crippen LogP) is 12.1. The first-order valence-corrected chi connectivity index (χ1v) is 20.9. The van der Waals surface area contributed by atoms with E-state index in [2.05, 4.69) is 180 Å². The Balaban J connectivity index is 0.00000408. The maximum atomic E-state index is 6.80. The Morgan fingerprint density at radius 3 is 2.33 bits per heavy atom. The second-order valence-corrected chi connectivity index (χ2v) is 16.9. The molecule has 2 aliphatic rings. The molecular weight excluding hydrogens is 936 g/mol. The van der Waals surface area contributed by atoms with Crippen molar-refractivity contribution in [1.82, 2.24) is 14.1 Å². The molecule has 10 aromatic rings. The Hall–Kier alpha value is -6.20. The summed E-state index contributed by atoms with van der Waals surface area (Å²) < 4.78 is 13.3. The van der Waals surface area contributed by atoms with Crippen molar-refractivity contribution < 1.29 is 30.4 Å². The van der Waals surface area contributed by atoms with E-state index in [1.165, 1.54) is 43.2 Å². The molecule has 0 fully saturated rings. The molecular formula is C53H36N4OPtS-2. The van der Waals surface area contributed by atoms with Crippen molar-refractivity contribution >= 4 is 44.6 Å². The largest absolute Gasteiger partial charge is 0.510 e. The Bertz CT molecular complexity index is 3340. The normalized spacial score (nSPS) is 14.9. The molecule has 5 nitrogen and oxygen atoms in total. The summed E-state index contributed by atoms with van der Waals surface area (Å²) >= 11 is 1.88. The Labute approximate surface area is 367 Å². The number of hydrogen-bond donors (Lipinski definition) is 0. The number of benzene rings is 7. The average Bonchev–Trinajstić information content (AvgIpc) is 3.80. The molecule has 0 aliphatic carbocycles. The Morgan fingerprint density at radius 2 is 1.48 bits per heavy atom. The number of aromatic nitrogens is 4. The maximum Gasteiger partial charge on any atom is 0.242 e. The van der Waals surface area contributed by atoms with Gasteiger partial charge in [-0.05, 0) is 81.1 Å². The summed E-state index contributed by atoms with van der Waals surface area (Å²) in [6.45, 7) is 4.63. The van der Waals surface area contributed by atoms with E-state index in [-0.39, 0.29) is 21.1 Å². The van der Waals surface area contributed by atoms with Crippen LogP contribution < -0.4 is 9.30 Å². The number of fused-ring (bicyclic) bond motifs is 11. The van der Waals surface area contributed by atoms with E-state index in [0.717, 1.165) is 49.9 Å². The minimum absolute atomic E-state index is 0. The Morgan fingerprint density at radius 1 is 0.683 bits per heavy atom. The van der Waals surface area contributed by atoms with Gasteiger partial charge in [-0.25, -0.2) is 4.98 Å². The summed E-state index contributed by atoms with van der Waals surface area (Å²) in [6, 6.07) is 61.7. The summed E-state index contributed by atoms with van der Waals surface area (Å²) in [4.78, 5) is 7.25. The monoisotopic (exact) mass is 971 g/mol. The van der Waals surface area contributed by atoms with Gasteiger partial charge in [0.25, 0.3) is 0 Å². The number of imidazole rings is 1. The fourth-order valence-electron chi connectivity index (χ4n) is 9.73. The third-order valence-corrected chi connectivity index (χ3v) is 13.3. The standard InChI is InChI=1S/C53H36N4OS.Pt/c1-33(2)38-16-11-20-49-51(38)53(43-29-35(22-27-48(43)59-49)34-13-5-4-6-14-34)41-26-24-37(31-47(41)56-32-55(3)45-19-12-17-42(53)52(45)56)58-36-23-25-40-39-15-7-8-18-44(39)57(46(40)30-36)50-21-9-10-28-54-50;/h4-29,33H,1-3H3;/q-2;. The van der Waals surface area contributed by atoms with E-state index in [4.69, 9.17) is 9.72 Å².